The van der Waals surface area contributed by atoms with E-state index in [1.807, 2.05) is 0 Å². The number of hydrogen-bond donors (Lipinski definition) is 2. The molecule has 174 valence electrons. The van der Waals surface area contributed by atoms with Gasteiger partial charge < -0.3 is 10.2 Å². The van der Waals surface area contributed by atoms with Crippen molar-refractivity contribution in [3.63, 3.8) is 0 Å². The second-order valence-corrected chi connectivity index (χ2v) is 11.9. The highest BCUT2D eigenvalue weighted by Crippen LogP contribution is 2.59. The van der Waals surface area contributed by atoms with Gasteiger partial charge >= 0.3 is 0 Å². The number of allylic oxidation sites excluding steroid dienone is 5. The summed E-state index contributed by atoms with van der Waals surface area (Å²) in [6.07, 6.45) is 15.8. The van der Waals surface area contributed by atoms with Crippen LogP contribution in [0.1, 0.15) is 86.5 Å². The summed E-state index contributed by atoms with van der Waals surface area (Å²) >= 11 is 0. The summed E-state index contributed by atoms with van der Waals surface area (Å²) < 4.78 is 0. The van der Waals surface area contributed by atoms with Crippen molar-refractivity contribution in [2.24, 2.45) is 34.5 Å². The van der Waals surface area contributed by atoms with E-state index in [9.17, 15) is 10.2 Å². The molecule has 0 aliphatic heterocycles. The SMILES string of the molecule is C=C1/C(=C\C=C2/CCC[C@]3(C)[C@@H]([C@H](C)/C=C/C(C)(C)C(C)C)CC[C@@H]23)C[C@H](O)C[C@H]1O. The van der Waals surface area contributed by atoms with Crippen LogP contribution in [0.5, 0.6) is 0 Å². The van der Waals surface area contributed by atoms with E-state index in [0.29, 0.717) is 36.0 Å². The third-order valence-corrected chi connectivity index (χ3v) is 9.25. The normalized spacial score (nSPS) is 38.4. The molecule has 0 bridgehead atoms. The summed E-state index contributed by atoms with van der Waals surface area (Å²) in [5.74, 6) is 2.64. The maximum atomic E-state index is 10.2. The van der Waals surface area contributed by atoms with E-state index in [0.717, 1.165) is 17.1 Å². The first-order chi connectivity index (χ1) is 14.5. The van der Waals surface area contributed by atoms with Gasteiger partial charge in [0.15, 0.2) is 0 Å². The summed E-state index contributed by atoms with van der Waals surface area (Å²) in [6, 6.07) is 0. The summed E-state index contributed by atoms with van der Waals surface area (Å²) in [6.45, 7) is 18.4. The van der Waals surface area contributed by atoms with Gasteiger partial charge in [-0.1, -0.05) is 78.0 Å². The zero-order valence-corrected chi connectivity index (χ0v) is 20.8. The lowest BCUT2D eigenvalue weighted by Gasteiger charge is -2.44. The van der Waals surface area contributed by atoms with Gasteiger partial charge in [0.1, 0.15) is 0 Å². The Morgan fingerprint density at radius 1 is 1.13 bits per heavy atom. The van der Waals surface area contributed by atoms with Crippen LogP contribution in [-0.2, 0) is 0 Å². The molecule has 2 heteroatoms. The first kappa shape index (κ1) is 24.5. The van der Waals surface area contributed by atoms with Crippen LogP contribution in [0.4, 0.5) is 0 Å². The van der Waals surface area contributed by atoms with Crippen LogP contribution in [-0.4, -0.2) is 22.4 Å². The molecule has 2 nitrogen and oxygen atoms in total. The Bertz CT molecular complexity index is 753. The van der Waals surface area contributed by atoms with Crippen LogP contribution in [0.25, 0.3) is 0 Å². The zero-order chi connectivity index (χ0) is 23.0. The van der Waals surface area contributed by atoms with Crippen molar-refractivity contribution in [3.05, 3.63) is 47.6 Å². The summed E-state index contributed by atoms with van der Waals surface area (Å²) in [5, 5.41) is 20.2. The zero-order valence-electron chi connectivity index (χ0n) is 20.8. The maximum absolute atomic E-state index is 10.2. The molecule has 0 radical (unpaired) electrons. The average molecular weight is 427 g/mol. The van der Waals surface area contributed by atoms with E-state index in [-0.39, 0.29) is 5.41 Å². The van der Waals surface area contributed by atoms with E-state index in [1.54, 1.807) is 5.57 Å². The molecule has 0 aromatic heterocycles. The highest BCUT2D eigenvalue weighted by Gasteiger charge is 2.50. The highest BCUT2D eigenvalue weighted by molar-refractivity contribution is 5.38. The van der Waals surface area contributed by atoms with E-state index >= 15 is 0 Å². The highest BCUT2D eigenvalue weighted by atomic mass is 16.3. The molecule has 0 aromatic rings. The quantitative estimate of drug-likeness (QED) is 0.465. The van der Waals surface area contributed by atoms with Crippen LogP contribution >= 0.6 is 0 Å². The van der Waals surface area contributed by atoms with Crippen molar-refractivity contribution < 1.29 is 10.2 Å². The van der Waals surface area contributed by atoms with Crippen molar-refractivity contribution >= 4 is 0 Å². The molecule has 31 heavy (non-hydrogen) atoms. The molecule has 0 spiro atoms. The topological polar surface area (TPSA) is 40.5 Å². The Balaban J connectivity index is 1.78. The van der Waals surface area contributed by atoms with Gasteiger partial charge in [0.05, 0.1) is 12.2 Å². The molecule has 2 N–H and O–H groups in total. The molecule has 6 atom stereocenters. The van der Waals surface area contributed by atoms with Crippen molar-refractivity contribution in [3.8, 4) is 0 Å². The van der Waals surface area contributed by atoms with Gasteiger partial charge in [-0.25, -0.2) is 0 Å². The Labute approximate surface area is 191 Å². The molecule has 0 amide bonds. The molecule has 3 fully saturated rings. The fraction of sp³-hybridized carbons (Fsp3) is 0.724. The van der Waals surface area contributed by atoms with E-state index < -0.39 is 12.2 Å². The third kappa shape index (κ3) is 5.11. The minimum atomic E-state index is -0.608. The molecule has 0 aromatic carbocycles. The Morgan fingerprint density at radius 3 is 2.52 bits per heavy atom. The van der Waals surface area contributed by atoms with Gasteiger partial charge in [0.2, 0.25) is 0 Å². The average Bonchev–Trinajstić information content (AvgIpc) is 3.05. The van der Waals surface area contributed by atoms with Crippen molar-refractivity contribution in [1.82, 2.24) is 0 Å². The monoisotopic (exact) mass is 426 g/mol. The van der Waals surface area contributed by atoms with Gasteiger partial charge in [-0.3, -0.25) is 0 Å². The van der Waals surface area contributed by atoms with Gasteiger partial charge in [-0.2, -0.15) is 0 Å². The molecule has 3 aliphatic carbocycles. The van der Waals surface area contributed by atoms with E-state index in [4.69, 9.17) is 0 Å². The first-order valence-corrected chi connectivity index (χ1v) is 12.6. The Morgan fingerprint density at radius 2 is 1.84 bits per heavy atom. The van der Waals surface area contributed by atoms with Crippen molar-refractivity contribution in [2.45, 2.75) is 98.7 Å². The standard InChI is InChI=1S/C29H46O2/c1-19(2)28(5,6)16-14-20(3)25-12-13-26-22(9-8-15-29(25,26)7)10-11-23-17-24(30)18-27(31)21(23)4/h10-11,14,16,19-20,24-27,30-31H,4,8-9,12-13,15,17-18H2,1-3,5-7H3/b16-14+,22-10+,23-11-/t20-,24+,25-,26+,27-,29-/m1/s1. The molecule has 0 saturated heterocycles. The van der Waals surface area contributed by atoms with Crippen LogP contribution < -0.4 is 0 Å². The molecular weight excluding hydrogens is 380 g/mol. The fourth-order valence-electron chi connectivity index (χ4n) is 6.33. The lowest BCUT2D eigenvalue weighted by Crippen LogP contribution is -2.35. The van der Waals surface area contributed by atoms with Crippen LogP contribution in [0.2, 0.25) is 0 Å². The molecular formula is C29H46O2. The largest absolute Gasteiger partial charge is 0.393 e. The third-order valence-electron chi connectivity index (χ3n) is 9.25. The van der Waals surface area contributed by atoms with Gasteiger partial charge in [-0.15, -0.1) is 0 Å². The van der Waals surface area contributed by atoms with Gasteiger partial charge in [0, 0.05) is 6.42 Å². The number of aliphatic hydroxyl groups excluding tert-OH is 2. The Kier molecular flexibility index (Phi) is 7.43. The number of fused-ring (bicyclic) bond motifs is 1. The van der Waals surface area contributed by atoms with Crippen molar-refractivity contribution in [2.75, 3.05) is 0 Å². The maximum Gasteiger partial charge on any atom is 0.0811 e. The smallest absolute Gasteiger partial charge is 0.0811 e. The second-order valence-electron chi connectivity index (χ2n) is 11.9. The predicted octanol–water partition coefficient (Wildman–Crippen LogP) is 7.00. The number of hydrogen-bond acceptors (Lipinski definition) is 2. The second kappa shape index (κ2) is 9.40. The minimum Gasteiger partial charge on any atom is -0.393 e. The summed E-state index contributed by atoms with van der Waals surface area (Å²) in [7, 11) is 0. The lowest BCUT2D eigenvalue weighted by molar-refractivity contribution is 0.0862. The molecule has 3 rings (SSSR count). The van der Waals surface area contributed by atoms with Crippen LogP contribution in [0.3, 0.4) is 0 Å². The van der Waals surface area contributed by atoms with Gasteiger partial charge in [0.25, 0.3) is 0 Å². The summed E-state index contributed by atoms with van der Waals surface area (Å²) in [4.78, 5) is 0. The van der Waals surface area contributed by atoms with Gasteiger partial charge in [-0.05, 0) is 84.2 Å². The molecule has 0 heterocycles. The molecule has 3 saturated carbocycles. The summed E-state index contributed by atoms with van der Waals surface area (Å²) in [5.41, 5.74) is 4.00. The first-order valence-electron chi connectivity index (χ1n) is 12.6. The molecule has 3 aliphatic rings. The van der Waals surface area contributed by atoms with E-state index in [1.165, 1.54) is 32.1 Å². The predicted molar refractivity (Wildman–Crippen MR) is 132 cm³/mol. The lowest BCUT2D eigenvalue weighted by atomic mass is 9.61. The fourth-order valence-corrected chi connectivity index (χ4v) is 6.33. The minimum absolute atomic E-state index is 0.245. The number of rotatable bonds is 5. The number of aliphatic hydroxyl groups is 2. The van der Waals surface area contributed by atoms with E-state index in [2.05, 4.69) is 72.4 Å². The molecule has 0 unspecified atom stereocenters. The Hall–Kier alpha value is -1.12. The van der Waals surface area contributed by atoms with Crippen molar-refractivity contribution in [1.29, 1.82) is 0 Å². The van der Waals surface area contributed by atoms with Crippen LogP contribution in [0.15, 0.2) is 47.6 Å². The van der Waals surface area contributed by atoms with Crippen LogP contribution in [0, 0.1) is 34.5 Å².